The third-order valence-corrected chi connectivity index (χ3v) is 2.67. The highest BCUT2D eigenvalue weighted by Crippen LogP contribution is 2.28. The van der Waals surface area contributed by atoms with E-state index in [0.29, 0.717) is 11.7 Å². The van der Waals surface area contributed by atoms with E-state index >= 15 is 0 Å². The summed E-state index contributed by atoms with van der Waals surface area (Å²) in [5.41, 5.74) is 0.672. The second-order valence-corrected chi connectivity index (χ2v) is 4.59. The maximum absolute atomic E-state index is 11.6. The average Bonchev–Trinajstić information content (AvgIpc) is 2.33. The molecule has 94 valence electrons. The smallest absolute Gasteiger partial charge is 0.285 e. The van der Waals surface area contributed by atoms with Gasteiger partial charge in [0.25, 0.3) is 5.88 Å². The summed E-state index contributed by atoms with van der Waals surface area (Å²) < 4.78 is 5.54. The molecule has 0 unspecified atom stereocenters. The summed E-state index contributed by atoms with van der Waals surface area (Å²) in [6, 6.07) is 8.80. The molecule has 2 aromatic rings. The number of hydrogen-bond donors (Lipinski definition) is 1. The van der Waals surface area contributed by atoms with Crippen molar-refractivity contribution in [2.24, 2.45) is 0 Å². The molecule has 5 heteroatoms. The molecule has 1 aromatic heterocycles. The van der Waals surface area contributed by atoms with E-state index in [2.05, 4.69) is 24.0 Å². The molecule has 1 N–H and O–H groups in total. The number of halogens is 1. The van der Waals surface area contributed by atoms with E-state index in [0.717, 1.165) is 5.56 Å². The number of hydrogen-bond acceptors (Lipinski definition) is 3. The van der Waals surface area contributed by atoms with Crippen molar-refractivity contribution >= 4 is 11.6 Å². The average molecular weight is 265 g/mol. The van der Waals surface area contributed by atoms with E-state index in [9.17, 15) is 4.79 Å². The number of H-pyrrole nitrogens is 1. The Labute approximate surface area is 110 Å². The molecule has 0 aliphatic carbocycles. The van der Waals surface area contributed by atoms with Crippen LogP contribution in [0.1, 0.15) is 25.3 Å². The molecule has 2 rings (SSSR count). The summed E-state index contributed by atoms with van der Waals surface area (Å²) in [6.45, 7) is 4.11. The predicted octanol–water partition coefficient (Wildman–Crippen LogP) is 3.34. The fraction of sp³-hybridized carbons (Fsp3) is 0.231. The predicted molar refractivity (Wildman–Crippen MR) is 70.5 cm³/mol. The van der Waals surface area contributed by atoms with Gasteiger partial charge >= 0.3 is 0 Å². The van der Waals surface area contributed by atoms with Crippen LogP contribution in [0.3, 0.4) is 0 Å². The van der Waals surface area contributed by atoms with Crippen molar-refractivity contribution in [3.05, 3.63) is 51.3 Å². The van der Waals surface area contributed by atoms with Crippen molar-refractivity contribution in [2.75, 3.05) is 0 Å². The van der Waals surface area contributed by atoms with Gasteiger partial charge in [-0.2, -0.15) is 0 Å². The van der Waals surface area contributed by atoms with Gasteiger partial charge in [0.15, 0.2) is 0 Å². The highest BCUT2D eigenvalue weighted by atomic mass is 35.5. The first kappa shape index (κ1) is 12.6. The van der Waals surface area contributed by atoms with Crippen LogP contribution in [0.5, 0.6) is 11.6 Å². The van der Waals surface area contributed by atoms with Gasteiger partial charge in [0.1, 0.15) is 10.9 Å². The van der Waals surface area contributed by atoms with Crippen LogP contribution in [0.15, 0.2) is 35.1 Å². The molecule has 0 fully saturated rings. The Morgan fingerprint density at radius 2 is 2.06 bits per heavy atom. The number of rotatable bonds is 3. The third kappa shape index (κ3) is 2.71. The normalized spacial score (nSPS) is 10.7. The van der Waals surface area contributed by atoms with Gasteiger partial charge < -0.3 is 4.74 Å². The minimum absolute atomic E-state index is 0.00694. The Hall–Kier alpha value is -1.81. The highest BCUT2D eigenvalue weighted by molar-refractivity contribution is 6.29. The number of aromatic nitrogens is 2. The molecular formula is C13H13ClN2O2. The van der Waals surface area contributed by atoms with Gasteiger partial charge in [0.2, 0.25) is 5.43 Å². The van der Waals surface area contributed by atoms with Gasteiger partial charge in [-0.1, -0.05) is 43.6 Å². The lowest BCUT2D eigenvalue weighted by Crippen LogP contribution is -2.08. The number of para-hydroxylation sites is 1. The monoisotopic (exact) mass is 264 g/mol. The summed E-state index contributed by atoms with van der Waals surface area (Å²) in [4.78, 5) is 11.6. The molecule has 0 amide bonds. The van der Waals surface area contributed by atoms with Crippen molar-refractivity contribution in [1.29, 1.82) is 0 Å². The summed E-state index contributed by atoms with van der Waals surface area (Å²) in [6.07, 6.45) is 0. The summed E-state index contributed by atoms with van der Waals surface area (Å²) in [5, 5.41) is 6.47. The lowest BCUT2D eigenvalue weighted by Gasteiger charge is -2.12. The van der Waals surface area contributed by atoms with Gasteiger partial charge in [-0.25, -0.2) is 0 Å². The minimum Gasteiger partial charge on any atom is -0.434 e. The van der Waals surface area contributed by atoms with Crippen LogP contribution >= 0.6 is 11.6 Å². The van der Waals surface area contributed by atoms with Gasteiger partial charge in [-0.15, -0.1) is 5.10 Å². The van der Waals surface area contributed by atoms with E-state index in [1.54, 1.807) is 0 Å². The molecule has 18 heavy (non-hydrogen) atoms. The van der Waals surface area contributed by atoms with Gasteiger partial charge in [-0.3, -0.25) is 9.89 Å². The van der Waals surface area contributed by atoms with Crippen molar-refractivity contribution in [3.8, 4) is 11.6 Å². The first-order chi connectivity index (χ1) is 8.58. The number of nitrogens with zero attached hydrogens (tertiary/aromatic N) is 1. The zero-order valence-corrected chi connectivity index (χ0v) is 10.9. The standard InChI is InChI=1S/C13H13ClN2O2/c1-8(2)9-5-3-4-6-11(9)18-13-10(17)7-12(14)15-16-13/h3-8H,1-2H3,(H,15,17). The second-order valence-electron chi connectivity index (χ2n) is 4.18. The summed E-state index contributed by atoms with van der Waals surface area (Å²) in [5.74, 6) is 0.924. The van der Waals surface area contributed by atoms with Gasteiger partial charge in [0, 0.05) is 6.07 Å². The van der Waals surface area contributed by atoms with Crippen molar-refractivity contribution in [2.45, 2.75) is 19.8 Å². The molecule has 0 spiro atoms. The number of nitrogens with one attached hydrogen (secondary N) is 1. The molecule has 0 saturated heterocycles. The van der Waals surface area contributed by atoms with Crippen LogP contribution in [0.4, 0.5) is 0 Å². The van der Waals surface area contributed by atoms with Crippen LogP contribution in [-0.2, 0) is 0 Å². The van der Waals surface area contributed by atoms with Crippen molar-refractivity contribution in [3.63, 3.8) is 0 Å². The third-order valence-electron chi connectivity index (χ3n) is 2.48. The summed E-state index contributed by atoms with van der Waals surface area (Å²) >= 11 is 5.63. The van der Waals surface area contributed by atoms with Crippen molar-refractivity contribution in [1.82, 2.24) is 10.2 Å². The Balaban J connectivity index is 2.37. The largest absolute Gasteiger partial charge is 0.434 e. The molecule has 0 aliphatic rings. The van der Waals surface area contributed by atoms with Gasteiger partial charge in [0.05, 0.1) is 0 Å². The van der Waals surface area contributed by atoms with Crippen LogP contribution < -0.4 is 10.2 Å². The second kappa shape index (κ2) is 5.23. The zero-order chi connectivity index (χ0) is 13.1. The first-order valence-corrected chi connectivity index (χ1v) is 5.97. The molecule has 0 saturated carbocycles. The van der Waals surface area contributed by atoms with Crippen LogP contribution in [0.2, 0.25) is 5.15 Å². The SMILES string of the molecule is CC(C)c1ccccc1Oc1n[nH]c(Cl)cc1=O. The molecule has 0 aliphatic heterocycles. The molecule has 1 aromatic carbocycles. The van der Waals surface area contributed by atoms with E-state index < -0.39 is 0 Å². The Bertz CT molecular complexity index is 608. The van der Waals surface area contributed by atoms with E-state index in [1.807, 2.05) is 24.3 Å². The number of benzene rings is 1. The van der Waals surface area contributed by atoms with Crippen LogP contribution in [-0.4, -0.2) is 10.2 Å². The molecular weight excluding hydrogens is 252 g/mol. The lowest BCUT2D eigenvalue weighted by atomic mass is 10.0. The van der Waals surface area contributed by atoms with E-state index in [-0.39, 0.29) is 16.5 Å². The number of aromatic amines is 1. The molecule has 0 bridgehead atoms. The number of ether oxygens (including phenoxy) is 1. The van der Waals surface area contributed by atoms with E-state index in [4.69, 9.17) is 16.3 Å². The quantitative estimate of drug-likeness (QED) is 0.925. The Kier molecular flexibility index (Phi) is 3.67. The Morgan fingerprint density at radius 3 is 2.72 bits per heavy atom. The molecule has 0 atom stereocenters. The van der Waals surface area contributed by atoms with E-state index in [1.165, 1.54) is 6.07 Å². The fourth-order valence-corrected chi connectivity index (χ4v) is 1.74. The Morgan fingerprint density at radius 1 is 1.33 bits per heavy atom. The maximum Gasteiger partial charge on any atom is 0.285 e. The van der Waals surface area contributed by atoms with Gasteiger partial charge in [-0.05, 0) is 17.5 Å². The molecule has 1 heterocycles. The first-order valence-electron chi connectivity index (χ1n) is 5.60. The summed E-state index contributed by atoms with van der Waals surface area (Å²) in [7, 11) is 0. The fourth-order valence-electron chi connectivity index (χ4n) is 1.60. The topological polar surface area (TPSA) is 55.0 Å². The minimum atomic E-state index is -0.350. The molecule has 0 radical (unpaired) electrons. The van der Waals surface area contributed by atoms with Crippen LogP contribution in [0, 0.1) is 0 Å². The highest BCUT2D eigenvalue weighted by Gasteiger charge is 2.10. The maximum atomic E-state index is 11.6. The zero-order valence-electron chi connectivity index (χ0n) is 10.1. The van der Waals surface area contributed by atoms with Crippen LogP contribution in [0.25, 0.3) is 0 Å². The van der Waals surface area contributed by atoms with Crippen molar-refractivity contribution < 1.29 is 4.74 Å². The lowest BCUT2D eigenvalue weighted by molar-refractivity contribution is 0.442. The molecule has 4 nitrogen and oxygen atoms in total.